The summed E-state index contributed by atoms with van der Waals surface area (Å²) >= 11 is 1.57. The van der Waals surface area contributed by atoms with Gasteiger partial charge in [-0.3, -0.25) is 4.79 Å². The van der Waals surface area contributed by atoms with Crippen molar-refractivity contribution in [2.75, 3.05) is 11.9 Å². The van der Waals surface area contributed by atoms with Crippen LogP contribution in [0.15, 0.2) is 17.8 Å². The van der Waals surface area contributed by atoms with Gasteiger partial charge in [-0.15, -0.1) is 11.3 Å². The molecule has 0 saturated heterocycles. The molecule has 0 fully saturated rings. The van der Waals surface area contributed by atoms with Gasteiger partial charge in [-0.25, -0.2) is 9.97 Å². The second kappa shape index (κ2) is 4.89. The minimum Gasteiger partial charge on any atom is -0.481 e. The Balaban J connectivity index is 1.98. The minimum atomic E-state index is -0.772. The van der Waals surface area contributed by atoms with E-state index in [1.165, 1.54) is 6.33 Å². The third kappa shape index (κ3) is 2.46. The molecule has 0 amide bonds. The van der Waals surface area contributed by atoms with Crippen LogP contribution in [0, 0.1) is 0 Å². The van der Waals surface area contributed by atoms with Gasteiger partial charge in [-0.05, 0) is 17.9 Å². The lowest BCUT2D eigenvalue weighted by Crippen LogP contribution is -2.06. The molecule has 0 atom stereocenters. The number of carboxylic acid groups (broad SMARTS) is 1. The van der Waals surface area contributed by atoms with E-state index in [4.69, 9.17) is 5.11 Å². The van der Waals surface area contributed by atoms with Crippen LogP contribution >= 0.6 is 11.3 Å². The van der Waals surface area contributed by atoms with Gasteiger partial charge >= 0.3 is 5.97 Å². The monoisotopic (exact) mass is 237 g/mol. The Bertz CT molecular complexity index is 498. The quantitative estimate of drug-likeness (QED) is 0.777. The lowest BCUT2D eigenvalue weighted by molar-refractivity contribution is -0.137. The van der Waals surface area contributed by atoms with Crippen molar-refractivity contribution >= 4 is 33.3 Å². The summed E-state index contributed by atoms with van der Waals surface area (Å²) in [5.74, 6) is 0.0103. The zero-order valence-corrected chi connectivity index (χ0v) is 9.33. The molecule has 16 heavy (non-hydrogen) atoms. The summed E-state index contributed by atoms with van der Waals surface area (Å²) in [5, 5.41) is 13.6. The highest BCUT2D eigenvalue weighted by atomic mass is 32.1. The molecule has 84 valence electrons. The maximum atomic E-state index is 10.3. The molecule has 0 saturated carbocycles. The molecular formula is C10H11N3O2S. The Morgan fingerprint density at radius 2 is 2.38 bits per heavy atom. The fraction of sp³-hybridized carbons (Fsp3) is 0.300. The van der Waals surface area contributed by atoms with Crippen LogP contribution in [0.3, 0.4) is 0 Å². The first-order valence-electron chi connectivity index (χ1n) is 4.91. The van der Waals surface area contributed by atoms with Crippen molar-refractivity contribution in [2.24, 2.45) is 0 Å². The standard InChI is InChI=1S/C10H11N3O2S/c14-8(15)2-1-4-11-10-9-7(3-5-16-9)12-6-13-10/h3,5-6H,1-2,4H2,(H,14,15)(H,11,12,13). The van der Waals surface area contributed by atoms with Gasteiger partial charge < -0.3 is 10.4 Å². The van der Waals surface area contributed by atoms with E-state index in [0.717, 1.165) is 16.0 Å². The molecule has 0 unspecified atom stereocenters. The number of nitrogens with zero attached hydrogens (tertiary/aromatic N) is 2. The second-order valence-electron chi connectivity index (χ2n) is 3.28. The number of carbonyl (C=O) groups is 1. The summed E-state index contributed by atoms with van der Waals surface area (Å²) in [6.07, 6.45) is 2.27. The second-order valence-corrected chi connectivity index (χ2v) is 4.20. The zero-order chi connectivity index (χ0) is 11.4. The molecule has 0 bridgehead atoms. The first kappa shape index (κ1) is 10.8. The van der Waals surface area contributed by atoms with E-state index in [-0.39, 0.29) is 6.42 Å². The number of aromatic nitrogens is 2. The van der Waals surface area contributed by atoms with Crippen molar-refractivity contribution in [2.45, 2.75) is 12.8 Å². The molecule has 2 rings (SSSR count). The Morgan fingerprint density at radius 1 is 1.50 bits per heavy atom. The normalized spacial score (nSPS) is 10.5. The molecule has 2 N–H and O–H groups in total. The number of rotatable bonds is 5. The van der Waals surface area contributed by atoms with E-state index >= 15 is 0 Å². The van der Waals surface area contributed by atoms with E-state index in [1.54, 1.807) is 11.3 Å². The molecule has 6 heteroatoms. The summed E-state index contributed by atoms with van der Waals surface area (Å²) in [5.41, 5.74) is 0.917. The smallest absolute Gasteiger partial charge is 0.303 e. The van der Waals surface area contributed by atoms with E-state index in [1.807, 2.05) is 11.4 Å². The van der Waals surface area contributed by atoms with Crippen molar-refractivity contribution in [3.8, 4) is 0 Å². The number of hydrogen-bond donors (Lipinski definition) is 2. The molecule has 2 aromatic heterocycles. The van der Waals surface area contributed by atoms with Gasteiger partial charge in [0, 0.05) is 13.0 Å². The topological polar surface area (TPSA) is 75.1 Å². The molecular weight excluding hydrogens is 226 g/mol. The van der Waals surface area contributed by atoms with Crippen molar-refractivity contribution in [3.05, 3.63) is 17.8 Å². The van der Waals surface area contributed by atoms with E-state index in [2.05, 4.69) is 15.3 Å². The Kier molecular flexibility index (Phi) is 3.31. The third-order valence-corrected chi connectivity index (χ3v) is 3.01. The molecule has 0 spiro atoms. The highest BCUT2D eigenvalue weighted by molar-refractivity contribution is 7.17. The highest BCUT2D eigenvalue weighted by Gasteiger charge is 2.04. The summed E-state index contributed by atoms with van der Waals surface area (Å²) in [4.78, 5) is 18.6. The fourth-order valence-electron chi connectivity index (χ4n) is 1.36. The largest absolute Gasteiger partial charge is 0.481 e. The van der Waals surface area contributed by atoms with Crippen molar-refractivity contribution < 1.29 is 9.90 Å². The SMILES string of the molecule is O=C(O)CCCNc1ncnc2ccsc12. The van der Waals surface area contributed by atoms with Gasteiger partial charge in [-0.1, -0.05) is 0 Å². The molecule has 0 aromatic carbocycles. The number of nitrogens with one attached hydrogen (secondary N) is 1. The average Bonchev–Trinajstić information content (AvgIpc) is 2.72. The molecule has 5 nitrogen and oxygen atoms in total. The predicted molar refractivity (Wildman–Crippen MR) is 62.8 cm³/mol. The van der Waals surface area contributed by atoms with Gasteiger partial charge in [0.1, 0.15) is 12.1 Å². The molecule has 2 heterocycles. The van der Waals surface area contributed by atoms with E-state index in [0.29, 0.717) is 13.0 Å². The van der Waals surface area contributed by atoms with E-state index < -0.39 is 5.97 Å². The Morgan fingerprint density at radius 3 is 3.19 bits per heavy atom. The summed E-state index contributed by atoms with van der Waals surface area (Å²) in [6, 6.07) is 1.93. The molecule has 0 aliphatic carbocycles. The van der Waals surface area contributed by atoms with Crippen LogP contribution in [0.4, 0.5) is 5.82 Å². The zero-order valence-electron chi connectivity index (χ0n) is 8.51. The number of carboxylic acids is 1. The van der Waals surface area contributed by atoms with Gasteiger partial charge in [-0.2, -0.15) is 0 Å². The molecule has 0 aliphatic rings. The molecule has 0 aliphatic heterocycles. The maximum Gasteiger partial charge on any atom is 0.303 e. The number of thiophene rings is 1. The van der Waals surface area contributed by atoms with Gasteiger partial charge in [0.05, 0.1) is 10.2 Å². The van der Waals surface area contributed by atoms with Crippen LogP contribution in [0.1, 0.15) is 12.8 Å². The first-order valence-corrected chi connectivity index (χ1v) is 5.79. The van der Waals surface area contributed by atoms with Crippen LogP contribution in [0.2, 0.25) is 0 Å². The number of fused-ring (bicyclic) bond motifs is 1. The lowest BCUT2D eigenvalue weighted by Gasteiger charge is -2.04. The van der Waals surface area contributed by atoms with Gasteiger partial charge in [0.2, 0.25) is 0 Å². The molecule has 0 radical (unpaired) electrons. The maximum absolute atomic E-state index is 10.3. The summed E-state index contributed by atoms with van der Waals surface area (Å²) in [6.45, 7) is 0.607. The summed E-state index contributed by atoms with van der Waals surface area (Å²) in [7, 11) is 0. The molecule has 2 aromatic rings. The van der Waals surface area contributed by atoms with Crippen LogP contribution in [-0.2, 0) is 4.79 Å². The van der Waals surface area contributed by atoms with Crippen LogP contribution < -0.4 is 5.32 Å². The van der Waals surface area contributed by atoms with Crippen molar-refractivity contribution in [1.29, 1.82) is 0 Å². The number of hydrogen-bond acceptors (Lipinski definition) is 5. The predicted octanol–water partition coefficient (Wildman–Crippen LogP) is 1.97. The number of aliphatic carboxylic acids is 1. The van der Waals surface area contributed by atoms with Crippen molar-refractivity contribution in [3.63, 3.8) is 0 Å². The number of anilines is 1. The minimum absolute atomic E-state index is 0.172. The first-order chi connectivity index (χ1) is 7.77. The summed E-state index contributed by atoms with van der Waals surface area (Å²) < 4.78 is 1.01. The lowest BCUT2D eigenvalue weighted by atomic mass is 10.3. The van der Waals surface area contributed by atoms with Crippen molar-refractivity contribution in [1.82, 2.24) is 9.97 Å². The Labute approximate surface area is 96.2 Å². The average molecular weight is 237 g/mol. The van der Waals surface area contributed by atoms with Crippen LogP contribution in [-0.4, -0.2) is 27.6 Å². The van der Waals surface area contributed by atoms with Crippen LogP contribution in [0.25, 0.3) is 10.2 Å². The third-order valence-electron chi connectivity index (χ3n) is 2.10. The van der Waals surface area contributed by atoms with Gasteiger partial charge in [0.15, 0.2) is 0 Å². The van der Waals surface area contributed by atoms with E-state index in [9.17, 15) is 4.79 Å². The fourth-order valence-corrected chi connectivity index (χ4v) is 2.17. The van der Waals surface area contributed by atoms with Gasteiger partial charge in [0.25, 0.3) is 0 Å². The van der Waals surface area contributed by atoms with Crippen LogP contribution in [0.5, 0.6) is 0 Å². The highest BCUT2D eigenvalue weighted by Crippen LogP contribution is 2.24. The Hall–Kier alpha value is -1.69.